The van der Waals surface area contributed by atoms with E-state index in [0.717, 1.165) is 29.9 Å². The minimum atomic E-state index is -5.08. The number of hydrogen-bond acceptors (Lipinski definition) is 9. The number of alkyl halides is 3. The number of nitrogens with one attached hydrogen (secondary N) is 2. The maximum absolute atomic E-state index is 13.1. The monoisotopic (exact) mass is 558 g/mol. The smallest absolute Gasteiger partial charge is 0.493 e. The molecule has 0 fully saturated rings. The first kappa shape index (κ1) is 28.2. The summed E-state index contributed by atoms with van der Waals surface area (Å²) in [5, 5.41) is 20.1. The number of amides is 1. The summed E-state index contributed by atoms with van der Waals surface area (Å²) in [6.07, 6.45) is -2.00. The summed E-state index contributed by atoms with van der Waals surface area (Å²) in [5.74, 6) is -2.81. The highest BCUT2D eigenvalue weighted by atomic mass is 32.2. The minimum absolute atomic E-state index is 0.0546. The molecule has 0 radical (unpaired) electrons. The van der Waals surface area contributed by atoms with Gasteiger partial charge in [-0.1, -0.05) is 42.7 Å². The first-order valence-electron chi connectivity index (χ1n) is 10.8. The number of aromatic amines is 1. The molecular formula is C21H25F3N6O5SSi. The van der Waals surface area contributed by atoms with E-state index in [1.54, 1.807) is 6.26 Å². The second-order valence-electron chi connectivity index (χ2n) is 8.98. The van der Waals surface area contributed by atoms with E-state index in [0.29, 0.717) is 6.61 Å². The van der Waals surface area contributed by atoms with E-state index in [2.05, 4.69) is 50.0 Å². The van der Waals surface area contributed by atoms with E-state index < -0.39 is 48.8 Å². The van der Waals surface area contributed by atoms with Gasteiger partial charge in [-0.05, 0) is 24.4 Å². The van der Waals surface area contributed by atoms with Crippen LogP contribution < -0.4 is 15.6 Å². The maximum Gasteiger partial charge on any atom is 0.573 e. The van der Waals surface area contributed by atoms with E-state index >= 15 is 0 Å². The number of nitrogens with zero attached hydrogens (tertiary/aromatic N) is 4. The first-order valence-corrected chi connectivity index (χ1v) is 15.8. The third-order valence-electron chi connectivity index (χ3n) is 4.81. The maximum atomic E-state index is 13.1. The third-order valence-corrected chi connectivity index (χ3v) is 7.09. The van der Waals surface area contributed by atoms with E-state index in [4.69, 9.17) is 4.74 Å². The summed E-state index contributed by atoms with van der Waals surface area (Å²) < 4.78 is 50.4. The van der Waals surface area contributed by atoms with Gasteiger partial charge in [-0.25, -0.2) is 4.68 Å². The molecule has 16 heteroatoms. The predicted octanol–water partition coefficient (Wildman–Crippen LogP) is 3.92. The van der Waals surface area contributed by atoms with Gasteiger partial charge in [0.05, 0.1) is 11.9 Å². The van der Waals surface area contributed by atoms with Gasteiger partial charge in [-0.3, -0.25) is 9.59 Å². The molecule has 0 aliphatic heterocycles. The molecule has 0 bridgehead atoms. The Hall–Kier alpha value is -3.37. The highest BCUT2D eigenvalue weighted by Crippen LogP contribution is 2.34. The zero-order valence-electron chi connectivity index (χ0n) is 20.3. The number of aromatic hydroxyl groups is 1. The second kappa shape index (κ2) is 11.3. The van der Waals surface area contributed by atoms with Crippen molar-refractivity contribution in [1.29, 1.82) is 0 Å². The Bertz CT molecular complexity index is 1330. The van der Waals surface area contributed by atoms with Gasteiger partial charge in [0.15, 0.2) is 16.5 Å². The average molecular weight is 559 g/mol. The summed E-state index contributed by atoms with van der Waals surface area (Å²) in [5.41, 5.74) is -1.67. The summed E-state index contributed by atoms with van der Waals surface area (Å²) in [4.78, 5) is 30.7. The number of benzene rings is 1. The molecule has 11 nitrogen and oxygen atoms in total. The van der Waals surface area contributed by atoms with E-state index in [1.807, 2.05) is 0 Å². The molecule has 0 atom stereocenters. The molecule has 0 aliphatic rings. The van der Waals surface area contributed by atoms with Crippen molar-refractivity contribution < 1.29 is 32.5 Å². The van der Waals surface area contributed by atoms with Gasteiger partial charge in [-0.2, -0.15) is 4.98 Å². The Labute approximate surface area is 214 Å². The number of thioether (sulfide) groups is 1. The third kappa shape index (κ3) is 8.06. The molecule has 200 valence electrons. The number of anilines is 1. The lowest BCUT2D eigenvalue weighted by atomic mass is 10.1. The molecule has 0 aliphatic carbocycles. The van der Waals surface area contributed by atoms with Crippen LogP contribution in [0.25, 0.3) is 11.3 Å². The summed E-state index contributed by atoms with van der Waals surface area (Å²) >= 11 is 1.02. The normalized spacial score (nSPS) is 12.0. The number of halogens is 3. The van der Waals surface area contributed by atoms with Crippen LogP contribution in [0, 0.1) is 0 Å². The Kier molecular flexibility index (Phi) is 8.65. The molecule has 0 saturated heterocycles. The van der Waals surface area contributed by atoms with E-state index in [-0.39, 0.29) is 23.1 Å². The van der Waals surface area contributed by atoms with Crippen molar-refractivity contribution >= 4 is 31.4 Å². The van der Waals surface area contributed by atoms with Crippen LogP contribution in [-0.2, 0) is 11.5 Å². The molecule has 0 unspecified atom stereocenters. The number of aromatic nitrogens is 5. The zero-order chi connectivity index (χ0) is 27.4. The Balaban J connectivity index is 1.83. The topological polar surface area (TPSA) is 144 Å². The van der Waals surface area contributed by atoms with Gasteiger partial charge < -0.3 is 24.9 Å². The number of carbonyl (C=O) groups excluding carboxylic acids is 1. The van der Waals surface area contributed by atoms with Crippen molar-refractivity contribution in [3.05, 3.63) is 40.3 Å². The van der Waals surface area contributed by atoms with Crippen LogP contribution in [0.5, 0.6) is 11.6 Å². The van der Waals surface area contributed by atoms with Gasteiger partial charge in [0.25, 0.3) is 11.5 Å². The van der Waals surface area contributed by atoms with Crippen molar-refractivity contribution in [2.24, 2.45) is 0 Å². The highest BCUT2D eigenvalue weighted by Gasteiger charge is 2.33. The molecule has 1 amide bonds. The van der Waals surface area contributed by atoms with E-state index in [9.17, 15) is 27.9 Å². The number of H-pyrrole nitrogens is 1. The first-order chi connectivity index (χ1) is 17.3. The molecule has 2 heterocycles. The fourth-order valence-electron chi connectivity index (χ4n) is 2.95. The summed E-state index contributed by atoms with van der Waals surface area (Å²) in [6, 6.07) is 4.51. The van der Waals surface area contributed by atoms with Crippen molar-refractivity contribution in [3.8, 4) is 22.9 Å². The number of rotatable bonds is 10. The molecular weight excluding hydrogens is 533 g/mol. The Morgan fingerprint density at radius 3 is 2.65 bits per heavy atom. The van der Waals surface area contributed by atoms with Gasteiger partial charge >= 0.3 is 6.36 Å². The molecule has 3 rings (SSSR count). The fourth-order valence-corrected chi connectivity index (χ4v) is 4.08. The average Bonchev–Trinajstić information content (AvgIpc) is 3.24. The number of ether oxygens (including phenoxy) is 2. The lowest BCUT2D eigenvalue weighted by Gasteiger charge is -2.15. The largest absolute Gasteiger partial charge is 0.573 e. The molecule has 1 aromatic carbocycles. The molecule has 0 spiro atoms. The van der Waals surface area contributed by atoms with Crippen molar-refractivity contribution in [3.63, 3.8) is 0 Å². The molecule has 2 aromatic heterocycles. The van der Waals surface area contributed by atoms with Crippen molar-refractivity contribution in [1.82, 2.24) is 25.0 Å². The fraction of sp³-hybridized carbons (Fsp3) is 0.381. The van der Waals surface area contributed by atoms with Gasteiger partial charge in [0, 0.05) is 20.2 Å². The summed E-state index contributed by atoms with van der Waals surface area (Å²) in [6.45, 7) is 7.33. The van der Waals surface area contributed by atoms with Crippen LogP contribution in [0.2, 0.25) is 25.7 Å². The van der Waals surface area contributed by atoms with Gasteiger partial charge in [-0.15, -0.1) is 18.3 Å². The standard InChI is InChI=1S/C21H25F3N6O5SSi/c1-36-20-26-18(32)16(19(33)27-20)17(31)25-13-6-5-12(9-15(13)35-21(22,23)24)14-10-30(29-28-14)11-34-7-8-37(2,3)4/h5-6,9-10H,7-8,11H2,1-4H3,(H,25,31)(H2,26,27,32,33). The Morgan fingerprint density at radius 1 is 1.30 bits per heavy atom. The molecule has 0 saturated carbocycles. The van der Waals surface area contributed by atoms with Gasteiger partial charge in [0.1, 0.15) is 12.4 Å². The number of carbonyl (C=O) groups is 1. The summed E-state index contributed by atoms with van der Waals surface area (Å²) in [7, 11) is -1.26. The second-order valence-corrected chi connectivity index (χ2v) is 15.4. The van der Waals surface area contributed by atoms with Crippen LogP contribution in [0.3, 0.4) is 0 Å². The van der Waals surface area contributed by atoms with Crippen LogP contribution >= 0.6 is 11.8 Å². The van der Waals surface area contributed by atoms with Gasteiger partial charge in [0.2, 0.25) is 5.88 Å². The zero-order valence-corrected chi connectivity index (χ0v) is 22.2. The van der Waals surface area contributed by atoms with Crippen molar-refractivity contribution in [2.75, 3.05) is 18.2 Å². The lowest BCUT2D eigenvalue weighted by molar-refractivity contribution is -0.274. The molecule has 3 aromatic rings. The minimum Gasteiger partial charge on any atom is -0.493 e. The highest BCUT2D eigenvalue weighted by molar-refractivity contribution is 7.98. The molecule has 3 N–H and O–H groups in total. The Morgan fingerprint density at radius 2 is 2.03 bits per heavy atom. The van der Waals surface area contributed by atoms with Crippen LogP contribution in [0.1, 0.15) is 10.4 Å². The SMILES string of the molecule is CSc1nc(O)c(C(=O)Nc2ccc(-c3cn(COCC[Si](C)(C)C)nn3)cc2OC(F)(F)F)c(=O)[nH]1. The van der Waals surface area contributed by atoms with Crippen LogP contribution in [-0.4, -0.2) is 63.3 Å². The predicted molar refractivity (Wildman–Crippen MR) is 133 cm³/mol. The lowest BCUT2D eigenvalue weighted by Crippen LogP contribution is -2.25. The van der Waals surface area contributed by atoms with Crippen LogP contribution in [0.15, 0.2) is 34.3 Å². The number of hydrogen-bond donors (Lipinski definition) is 3. The van der Waals surface area contributed by atoms with Crippen molar-refractivity contribution in [2.45, 2.75) is 43.9 Å². The van der Waals surface area contributed by atoms with Crippen LogP contribution in [0.4, 0.5) is 18.9 Å². The molecule has 37 heavy (non-hydrogen) atoms. The van der Waals surface area contributed by atoms with E-state index in [1.165, 1.54) is 16.9 Å². The quantitative estimate of drug-likeness (QED) is 0.146.